The average molecular weight is 515 g/mol. The maximum absolute atomic E-state index is 13.1. The van der Waals surface area contributed by atoms with Gasteiger partial charge in [-0.05, 0) is 12.1 Å². The Morgan fingerprint density at radius 1 is 1.00 bits per heavy atom. The number of halogens is 5. The number of aromatic nitrogens is 7. The van der Waals surface area contributed by atoms with Gasteiger partial charge in [-0.15, -0.1) is 0 Å². The van der Waals surface area contributed by atoms with Crippen LogP contribution in [0.1, 0.15) is 6.92 Å². The number of hydrogen-bond acceptors (Lipinski definition) is 9. The summed E-state index contributed by atoms with van der Waals surface area (Å²) in [6.07, 6.45) is 0.372. The highest BCUT2D eigenvalue weighted by molar-refractivity contribution is 7.91. The van der Waals surface area contributed by atoms with Crippen molar-refractivity contribution >= 4 is 15.5 Å². The monoisotopic (exact) mass is 515 g/mol. The van der Waals surface area contributed by atoms with E-state index in [1.165, 1.54) is 36.1 Å². The molecule has 0 aliphatic carbocycles. The van der Waals surface area contributed by atoms with Crippen molar-refractivity contribution in [3.63, 3.8) is 0 Å². The Morgan fingerprint density at radius 2 is 1.71 bits per heavy atom. The van der Waals surface area contributed by atoms with Crippen molar-refractivity contribution in [2.24, 2.45) is 0 Å². The van der Waals surface area contributed by atoms with Gasteiger partial charge in [0.05, 0.1) is 29.4 Å². The summed E-state index contributed by atoms with van der Waals surface area (Å²) >= 11 is 0. The van der Waals surface area contributed by atoms with Gasteiger partial charge in [0.25, 0.3) is 0 Å². The van der Waals surface area contributed by atoms with Gasteiger partial charge in [0, 0.05) is 18.6 Å². The minimum atomic E-state index is -5.80. The summed E-state index contributed by atoms with van der Waals surface area (Å²) in [5.41, 5.74) is 0.209. The average Bonchev–Trinajstić information content (AvgIpc) is 3.23. The van der Waals surface area contributed by atoms with Crippen LogP contribution in [0.15, 0.2) is 48.1 Å². The molecular formula is C19H14F5N7O3S. The first-order chi connectivity index (χ1) is 16.4. The summed E-state index contributed by atoms with van der Waals surface area (Å²) in [6.45, 7) is -0.595. The molecule has 4 aromatic rings. The molecule has 16 heteroatoms. The molecule has 0 aliphatic rings. The molecule has 0 atom stereocenters. The second-order valence-corrected chi connectivity index (χ2v) is 9.16. The number of rotatable bonds is 7. The van der Waals surface area contributed by atoms with E-state index in [1.807, 2.05) is 0 Å². The predicted octanol–water partition coefficient (Wildman–Crippen LogP) is 3.01. The van der Waals surface area contributed by atoms with E-state index < -0.39 is 34.4 Å². The SMILES string of the molecule is CCS(=O)(=O)c1nn2ccc(-c3ncccn3)nc2c1-c1cnc(OCC(F)(F)C(F)(F)F)cn1. The van der Waals surface area contributed by atoms with Crippen molar-refractivity contribution in [1.82, 2.24) is 34.5 Å². The molecule has 0 amide bonds. The topological polar surface area (TPSA) is 125 Å². The fourth-order valence-corrected chi connectivity index (χ4v) is 3.80. The van der Waals surface area contributed by atoms with Gasteiger partial charge in [0.1, 0.15) is 5.69 Å². The first-order valence-corrected chi connectivity index (χ1v) is 11.4. The Kier molecular flexibility index (Phi) is 6.08. The number of hydrogen-bond donors (Lipinski definition) is 0. The van der Waals surface area contributed by atoms with Gasteiger partial charge in [0.2, 0.25) is 5.88 Å². The molecule has 0 spiro atoms. The fourth-order valence-electron chi connectivity index (χ4n) is 2.81. The molecule has 0 unspecified atom stereocenters. The molecule has 0 saturated heterocycles. The first kappa shape index (κ1) is 24.3. The second-order valence-electron chi connectivity index (χ2n) is 6.97. The summed E-state index contributed by atoms with van der Waals surface area (Å²) in [7, 11) is -3.90. The normalized spacial score (nSPS) is 12.7. The van der Waals surface area contributed by atoms with Crippen LogP contribution >= 0.6 is 0 Å². The van der Waals surface area contributed by atoms with Crippen molar-refractivity contribution in [1.29, 1.82) is 0 Å². The maximum Gasteiger partial charge on any atom is 0.456 e. The summed E-state index contributed by atoms with van der Waals surface area (Å²) < 4.78 is 94.2. The van der Waals surface area contributed by atoms with Crippen molar-refractivity contribution in [2.75, 3.05) is 12.4 Å². The highest BCUT2D eigenvalue weighted by Crippen LogP contribution is 2.36. The standard InChI is InChI=1S/C19H14F5N7O3S/c1-2-35(32,33)17-14(12-8-28-13(9-27-12)34-10-18(20,21)19(22,23)24)16-29-11(4-7-31(16)30-17)15-25-5-3-6-26-15/h3-9H,2,10H2,1H3. The lowest BCUT2D eigenvalue weighted by Crippen LogP contribution is -2.41. The second kappa shape index (κ2) is 8.75. The van der Waals surface area contributed by atoms with Gasteiger partial charge >= 0.3 is 12.1 Å². The van der Waals surface area contributed by atoms with E-state index >= 15 is 0 Å². The molecule has 0 fully saturated rings. The maximum atomic E-state index is 13.1. The van der Waals surface area contributed by atoms with Gasteiger partial charge in [-0.25, -0.2) is 37.9 Å². The third-order valence-electron chi connectivity index (χ3n) is 4.62. The zero-order valence-corrected chi connectivity index (χ0v) is 18.4. The van der Waals surface area contributed by atoms with E-state index in [-0.39, 0.29) is 33.5 Å². The van der Waals surface area contributed by atoms with Gasteiger partial charge in [-0.1, -0.05) is 6.92 Å². The van der Waals surface area contributed by atoms with E-state index in [4.69, 9.17) is 0 Å². The van der Waals surface area contributed by atoms with Gasteiger partial charge < -0.3 is 4.74 Å². The van der Waals surface area contributed by atoms with Crippen LogP contribution in [0.4, 0.5) is 22.0 Å². The van der Waals surface area contributed by atoms with Crippen LogP contribution in [-0.4, -0.2) is 67.4 Å². The highest BCUT2D eigenvalue weighted by Gasteiger charge is 2.58. The van der Waals surface area contributed by atoms with Crippen LogP contribution in [-0.2, 0) is 9.84 Å². The Bertz CT molecular complexity index is 1460. The molecule has 35 heavy (non-hydrogen) atoms. The van der Waals surface area contributed by atoms with E-state index in [9.17, 15) is 30.4 Å². The lowest BCUT2D eigenvalue weighted by molar-refractivity contribution is -0.290. The summed E-state index contributed by atoms with van der Waals surface area (Å²) in [6, 6.07) is 3.12. The van der Waals surface area contributed by atoms with Crippen LogP contribution in [0.3, 0.4) is 0 Å². The summed E-state index contributed by atoms with van der Waals surface area (Å²) in [4.78, 5) is 20.2. The van der Waals surface area contributed by atoms with Crippen molar-refractivity contribution in [3.8, 4) is 28.7 Å². The minimum absolute atomic E-state index is 0.0496. The number of sulfone groups is 1. The van der Waals surface area contributed by atoms with Crippen LogP contribution in [0.25, 0.3) is 28.4 Å². The molecule has 0 aromatic carbocycles. The lowest BCUT2D eigenvalue weighted by atomic mass is 10.2. The smallest absolute Gasteiger partial charge is 0.456 e. The van der Waals surface area contributed by atoms with Crippen LogP contribution < -0.4 is 4.74 Å². The van der Waals surface area contributed by atoms with E-state index in [0.717, 1.165) is 12.4 Å². The predicted molar refractivity (Wildman–Crippen MR) is 109 cm³/mol. The number of ether oxygens (including phenoxy) is 1. The molecule has 4 rings (SSSR count). The Hall–Kier alpha value is -3.82. The first-order valence-electron chi connectivity index (χ1n) is 9.72. The van der Waals surface area contributed by atoms with E-state index in [1.54, 1.807) is 6.07 Å². The molecule has 0 radical (unpaired) electrons. The zero-order chi connectivity index (χ0) is 25.4. The number of fused-ring (bicyclic) bond motifs is 1. The van der Waals surface area contributed by atoms with Crippen LogP contribution in [0.5, 0.6) is 5.88 Å². The number of alkyl halides is 5. The largest absolute Gasteiger partial charge is 0.470 e. The molecule has 0 saturated carbocycles. The lowest BCUT2D eigenvalue weighted by Gasteiger charge is -2.19. The van der Waals surface area contributed by atoms with Gasteiger partial charge in [-0.3, -0.25) is 0 Å². The molecule has 10 nitrogen and oxygen atoms in total. The van der Waals surface area contributed by atoms with E-state index in [2.05, 4.69) is 34.8 Å². The zero-order valence-electron chi connectivity index (χ0n) is 17.6. The van der Waals surface area contributed by atoms with Gasteiger partial charge in [0.15, 0.2) is 32.9 Å². The van der Waals surface area contributed by atoms with Crippen LogP contribution in [0.2, 0.25) is 0 Å². The Labute approximate surface area is 193 Å². The quantitative estimate of drug-likeness (QED) is 0.342. The molecule has 0 bridgehead atoms. The van der Waals surface area contributed by atoms with Crippen molar-refractivity contribution in [2.45, 2.75) is 24.0 Å². The van der Waals surface area contributed by atoms with Crippen molar-refractivity contribution in [3.05, 3.63) is 43.1 Å². The third-order valence-corrected chi connectivity index (χ3v) is 6.26. The third kappa shape index (κ3) is 4.73. The van der Waals surface area contributed by atoms with Crippen LogP contribution in [0, 0.1) is 0 Å². The number of nitrogens with zero attached hydrogens (tertiary/aromatic N) is 7. The molecule has 0 N–H and O–H groups in total. The Balaban J connectivity index is 1.77. The fraction of sp³-hybridized carbons (Fsp3) is 0.263. The summed E-state index contributed by atoms with van der Waals surface area (Å²) in [5.74, 6) is -5.78. The van der Waals surface area contributed by atoms with Crippen molar-refractivity contribution < 1.29 is 35.1 Å². The molecular weight excluding hydrogens is 501 g/mol. The Morgan fingerprint density at radius 3 is 2.31 bits per heavy atom. The minimum Gasteiger partial charge on any atom is -0.470 e. The summed E-state index contributed by atoms with van der Waals surface area (Å²) in [5, 5.41) is 3.72. The molecule has 4 aromatic heterocycles. The molecule has 4 heterocycles. The van der Waals surface area contributed by atoms with Gasteiger partial charge in [-0.2, -0.15) is 27.1 Å². The molecule has 184 valence electrons. The molecule has 0 aliphatic heterocycles. The highest BCUT2D eigenvalue weighted by atomic mass is 32.2. The van der Waals surface area contributed by atoms with E-state index in [0.29, 0.717) is 5.69 Å².